The first-order valence-corrected chi connectivity index (χ1v) is 7.09. The minimum absolute atomic E-state index is 0.0315. The molecule has 6 heteroatoms. The highest BCUT2D eigenvalue weighted by molar-refractivity contribution is 6.31. The monoisotopic (exact) mass is 322 g/mol. The summed E-state index contributed by atoms with van der Waals surface area (Å²) in [6, 6.07) is 11.3. The van der Waals surface area contributed by atoms with Crippen molar-refractivity contribution in [1.29, 1.82) is 0 Å². The van der Waals surface area contributed by atoms with Crippen LogP contribution in [0, 0.1) is 5.82 Å². The van der Waals surface area contributed by atoms with E-state index in [1.54, 1.807) is 7.11 Å². The fourth-order valence-corrected chi connectivity index (χ4v) is 2.04. The summed E-state index contributed by atoms with van der Waals surface area (Å²) < 4.78 is 18.1. The molecule has 0 spiro atoms. The molecule has 0 heterocycles. The summed E-state index contributed by atoms with van der Waals surface area (Å²) in [6.07, 6.45) is 0.696. The van der Waals surface area contributed by atoms with Gasteiger partial charge in [-0.1, -0.05) is 23.7 Å². The molecule has 4 nitrogen and oxygen atoms in total. The lowest BCUT2D eigenvalue weighted by atomic mass is 10.1. The van der Waals surface area contributed by atoms with Crippen LogP contribution in [0.4, 0.5) is 14.9 Å². The van der Waals surface area contributed by atoms with Crippen molar-refractivity contribution in [2.45, 2.75) is 6.42 Å². The highest BCUT2D eigenvalue weighted by Crippen LogP contribution is 2.19. The van der Waals surface area contributed by atoms with Crippen LogP contribution in [0.5, 0.6) is 5.75 Å². The molecular formula is C16H16ClFN2O2. The lowest BCUT2D eigenvalue weighted by molar-refractivity contribution is 0.252. The van der Waals surface area contributed by atoms with Gasteiger partial charge in [0.2, 0.25) is 0 Å². The minimum atomic E-state index is -0.521. The summed E-state index contributed by atoms with van der Waals surface area (Å²) in [4.78, 5) is 11.7. The predicted molar refractivity (Wildman–Crippen MR) is 85.1 cm³/mol. The van der Waals surface area contributed by atoms with Gasteiger partial charge in [0, 0.05) is 12.2 Å². The number of rotatable bonds is 5. The number of benzene rings is 2. The Morgan fingerprint density at radius 2 is 1.95 bits per heavy atom. The molecule has 0 atom stereocenters. The molecule has 0 aliphatic rings. The molecule has 0 radical (unpaired) electrons. The maximum atomic E-state index is 13.0. The van der Waals surface area contributed by atoms with Crippen molar-refractivity contribution in [1.82, 2.24) is 5.32 Å². The van der Waals surface area contributed by atoms with Crippen molar-refractivity contribution >= 4 is 23.3 Å². The maximum absolute atomic E-state index is 13.0. The van der Waals surface area contributed by atoms with Crippen molar-refractivity contribution in [3.8, 4) is 5.75 Å². The summed E-state index contributed by atoms with van der Waals surface area (Å²) in [6.45, 7) is 0.479. The highest BCUT2D eigenvalue weighted by atomic mass is 35.5. The van der Waals surface area contributed by atoms with Gasteiger partial charge in [-0.3, -0.25) is 0 Å². The Hall–Kier alpha value is -2.27. The average Bonchev–Trinajstić information content (AvgIpc) is 2.51. The highest BCUT2D eigenvalue weighted by Gasteiger charge is 2.04. The smallest absolute Gasteiger partial charge is 0.319 e. The molecule has 116 valence electrons. The van der Waals surface area contributed by atoms with Gasteiger partial charge in [0.05, 0.1) is 12.1 Å². The van der Waals surface area contributed by atoms with Crippen LogP contribution in [-0.2, 0) is 6.42 Å². The fraction of sp³-hybridized carbons (Fsp3) is 0.188. The summed E-state index contributed by atoms with van der Waals surface area (Å²) in [5.74, 6) is 0.273. The van der Waals surface area contributed by atoms with E-state index >= 15 is 0 Å². The van der Waals surface area contributed by atoms with Crippen LogP contribution in [0.15, 0.2) is 42.5 Å². The number of hydrogen-bond acceptors (Lipinski definition) is 2. The molecule has 0 aliphatic heterocycles. The van der Waals surface area contributed by atoms with Crippen molar-refractivity contribution in [3.63, 3.8) is 0 Å². The van der Waals surface area contributed by atoms with Crippen molar-refractivity contribution in [3.05, 3.63) is 58.9 Å². The van der Waals surface area contributed by atoms with Crippen LogP contribution in [-0.4, -0.2) is 19.7 Å². The van der Waals surface area contributed by atoms with E-state index in [1.807, 2.05) is 24.3 Å². The number of hydrogen-bond donors (Lipinski definition) is 2. The first kappa shape index (κ1) is 16.1. The van der Waals surface area contributed by atoms with E-state index in [4.69, 9.17) is 16.3 Å². The van der Waals surface area contributed by atoms with Crippen LogP contribution < -0.4 is 15.4 Å². The Labute approximate surface area is 133 Å². The number of urea groups is 1. The van der Waals surface area contributed by atoms with Gasteiger partial charge < -0.3 is 15.4 Å². The van der Waals surface area contributed by atoms with E-state index in [0.717, 1.165) is 11.3 Å². The number of methoxy groups -OCH3 is 1. The summed E-state index contributed by atoms with van der Waals surface area (Å²) in [5, 5.41) is 5.29. The largest absolute Gasteiger partial charge is 0.497 e. The van der Waals surface area contributed by atoms with Crippen LogP contribution >= 0.6 is 11.6 Å². The molecule has 2 aromatic carbocycles. The zero-order valence-corrected chi connectivity index (χ0v) is 12.8. The topological polar surface area (TPSA) is 50.4 Å². The molecule has 0 fully saturated rings. The van der Waals surface area contributed by atoms with Gasteiger partial charge in [-0.2, -0.15) is 0 Å². The first-order valence-electron chi connectivity index (χ1n) is 6.71. The van der Waals surface area contributed by atoms with Crippen molar-refractivity contribution in [2.24, 2.45) is 0 Å². The van der Waals surface area contributed by atoms with Crippen LogP contribution in [0.2, 0.25) is 5.02 Å². The van der Waals surface area contributed by atoms with Gasteiger partial charge in [0.15, 0.2) is 0 Å². The zero-order chi connectivity index (χ0) is 15.9. The third kappa shape index (κ3) is 4.63. The molecule has 0 saturated heterocycles. The number of ether oxygens (including phenoxy) is 1. The summed E-state index contributed by atoms with van der Waals surface area (Å²) >= 11 is 5.65. The number of nitrogens with one attached hydrogen (secondary N) is 2. The molecule has 0 bridgehead atoms. The molecule has 22 heavy (non-hydrogen) atoms. The van der Waals surface area contributed by atoms with E-state index in [9.17, 15) is 9.18 Å². The maximum Gasteiger partial charge on any atom is 0.319 e. The van der Waals surface area contributed by atoms with Gasteiger partial charge in [0.1, 0.15) is 11.6 Å². The normalized spacial score (nSPS) is 10.1. The number of anilines is 1. The molecule has 0 aromatic heterocycles. The Balaban J connectivity index is 1.78. The second-order valence-corrected chi connectivity index (χ2v) is 5.02. The number of carbonyl (C=O) groups is 1. The minimum Gasteiger partial charge on any atom is -0.497 e. The molecule has 0 saturated carbocycles. The van der Waals surface area contributed by atoms with Gasteiger partial charge >= 0.3 is 6.03 Å². The fourth-order valence-electron chi connectivity index (χ4n) is 1.86. The van der Waals surface area contributed by atoms with E-state index in [0.29, 0.717) is 18.7 Å². The van der Waals surface area contributed by atoms with E-state index in [1.165, 1.54) is 18.2 Å². The van der Waals surface area contributed by atoms with Gasteiger partial charge in [0.25, 0.3) is 0 Å². The Bertz CT molecular complexity index is 647. The third-order valence-corrected chi connectivity index (χ3v) is 3.33. The second-order valence-electron chi connectivity index (χ2n) is 4.61. The third-order valence-electron chi connectivity index (χ3n) is 3.04. The molecular weight excluding hydrogens is 307 g/mol. The van der Waals surface area contributed by atoms with E-state index < -0.39 is 5.82 Å². The van der Waals surface area contributed by atoms with Gasteiger partial charge in [-0.05, 0) is 42.3 Å². The van der Waals surface area contributed by atoms with Crippen LogP contribution in [0.1, 0.15) is 5.56 Å². The second kappa shape index (κ2) is 7.66. The molecule has 2 aromatic rings. The lowest BCUT2D eigenvalue weighted by Gasteiger charge is -2.08. The number of carbonyl (C=O) groups excluding carboxylic acids is 1. The average molecular weight is 323 g/mol. The Kier molecular flexibility index (Phi) is 5.61. The molecule has 0 aliphatic carbocycles. The zero-order valence-electron chi connectivity index (χ0n) is 12.0. The molecule has 2 rings (SSSR count). The molecule has 2 N–H and O–H groups in total. The van der Waals surface area contributed by atoms with Gasteiger partial charge in [-0.25, -0.2) is 9.18 Å². The lowest BCUT2D eigenvalue weighted by Crippen LogP contribution is -2.30. The van der Waals surface area contributed by atoms with E-state index in [2.05, 4.69) is 10.6 Å². The van der Waals surface area contributed by atoms with Crippen molar-refractivity contribution in [2.75, 3.05) is 19.0 Å². The first-order chi connectivity index (χ1) is 10.6. The SMILES string of the molecule is COc1ccc(CCNC(=O)Nc2ccc(F)c(Cl)c2)cc1. The van der Waals surface area contributed by atoms with Crippen LogP contribution in [0.25, 0.3) is 0 Å². The standard InChI is InChI=1S/C16H16ClFN2O2/c1-22-13-5-2-11(3-6-13)8-9-19-16(21)20-12-4-7-15(18)14(17)10-12/h2-7,10H,8-9H2,1H3,(H2,19,20,21). The van der Waals surface area contributed by atoms with E-state index in [-0.39, 0.29) is 11.1 Å². The molecule has 2 amide bonds. The summed E-state index contributed by atoms with van der Waals surface area (Å²) in [7, 11) is 1.61. The quantitative estimate of drug-likeness (QED) is 0.878. The van der Waals surface area contributed by atoms with Gasteiger partial charge in [-0.15, -0.1) is 0 Å². The number of halogens is 2. The van der Waals surface area contributed by atoms with Crippen LogP contribution in [0.3, 0.4) is 0 Å². The summed E-state index contributed by atoms with van der Waals surface area (Å²) in [5.41, 5.74) is 1.53. The van der Waals surface area contributed by atoms with Crippen molar-refractivity contribution < 1.29 is 13.9 Å². The molecule has 0 unspecified atom stereocenters. The predicted octanol–water partition coefficient (Wildman–Crippen LogP) is 3.85. The Morgan fingerprint density at radius 1 is 1.23 bits per heavy atom. The number of amides is 2. The Morgan fingerprint density at radius 3 is 2.59 bits per heavy atom.